The molecule has 6 nitrogen and oxygen atoms in total. The quantitative estimate of drug-likeness (QED) is 0.714. The number of benzene rings is 2. The zero-order valence-electron chi connectivity index (χ0n) is 13.0. The molecule has 1 heterocycles. The summed E-state index contributed by atoms with van der Waals surface area (Å²) >= 11 is 0. The number of hydrogen-bond acceptors (Lipinski definition) is 4. The number of fused-ring (bicyclic) bond motifs is 1. The molecule has 3 aromatic rings. The van der Waals surface area contributed by atoms with Crippen molar-refractivity contribution in [1.82, 2.24) is 15.8 Å². The highest BCUT2D eigenvalue weighted by Gasteiger charge is 2.10. The Morgan fingerprint density at radius 2 is 1.84 bits per heavy atom. The Kier molecular flexibility index (Phi) is 4.84. The van der Waals surface area contributed by atoms with E-state index in [1.165, 1.54) is 18.2 Å². The van der Waals surface area contributed by atoms with Crippen LogP contribution in [0.4, 0.5) is 4.39 Å². The van der Waals surface area contributed by atoms with Crippen LogP contribution in [-0.2, 0) is 4.79 Å². The minimum absolute atomic E-state index is 0.171. The fraction of sp³-hybridized carbons (Fsp3) is 0.0556. The summed E-state index contributed by atoms with van der Waals surface area (Å²) < 4.78 is 18.1. The number of nitrogens with zero attached hydrogens (tertiary/aromatic N) is 1. The van der Waals surface area contributed by atoms with Gasteiger partial charge in [0.25, 0.3) is 11.8 Å². The molecule has 1 aromatic heterocycles. The molecular formula is C18H14FN3O3. The predicted molar refractivity (Wildman–Crippen MR) is 89.2 cm³/mol. The van der Waals surface area contributed by atoms with Crippen LogP contribution in [0.25, 0.3) is 10.9 Å². The Bertz CT molecular complexity index is 930. The number of aromatic nitrogens is 1. The van der Waals surface area contributed by atoms with Crippen LogP contribution < -0.4 is 15.6 Å². The van der Waals surface area contributed by atoms with Crippen molar-refractivity contribution >= 4 is 22.7 Å². The van der Waals surface area contributed by atoms with E-state index in [2.05, 4.69) is 15.8 Å². The van der Waals surface area contributed by atoms with Gasteiger partial charge in [-0.15, -0.1) is 0 Å². The summed E-state index contributed by atoms with van der Waals surface area (Å²) in [7, 11) is 0. The van der Waals surface area contributed by atoms with Crippen molar-refractivity contribution < 1.29 is 18.7 Å². The first-order chi connectivity index (χ1) is 12.1. The van der Waals surface area contributed by atoms with E-state index in [0.29, 0.717) is 5.52 Å². The first-order valence-electron chi connectivity index (χ1n) is 7.45. The number of carbonyl (C=O) groups is 2. The van der Waals surface area contributed by atoms with Crippen LogP contribution in [0.15, 0.2) is 60.7 Å². The third kappa shape index (κ3) is 4.29. The molecule has 2 amide bonds. The Morgan fingerprint density at radius 1 is 1.00 bits per heavy atom. The van der Waals surface area contributed by atoms with Gasteiger partial charge in [0.1, 0.15) is 17.3 Å². The van der Waals surface area contributed by atoms with Crippen LogP contribution >= 0.6 is 0 Å². The molecule has 3 rings (SSSR count). The second-order valence-corrected chi connectivity index (χ2v) is 5.14. The third-order valence-corrected chi connectivity index (χ3v) is 3.31. The first-order valence-corrected chi connectivity index (χ1v) is 7.45. The van der Waals surface area contributed by atoms with Gasteiger partial charge in [0.2, 0.25) is 0 Å². The number of hydrazine groups is 1. The molecule has 0 spiro atoms. The maximum atomic E-state index is 13.0. The number of pyridine rings is 1. The second kappa shape index (κ2) is 7.39. The molecule has 0 aliphatic carbocycles. The van der Waals surface area contributed by atoms with Crippen LogP contribution in [0.5, 0.6) is 5.75 Å². The number of para-hydroxylation sites is 1. The van der Waals surface area contributed by atoms with Crippen molar-refractivity contribution in [2.45, 2.75) is 0 Å². The molecule has 7 heteroatoms. The van der Waals surface area contributed by atoms with Gasteiger partial charge in [0, 0.05) is 11.5 Å². The SMILES string of the molecule is O=C(COc1cccc(F)c1)NNC(=O)c1ccc2ccccc2n1. The average Bonchev–Trinajstić information content (AvgIpc) is 2.64. The van der Waals surface area contributed by atoms with Gasteiger partial charge < -0.3 is 4.74 Å². The maximum absolute atomic E-state index is 13.0. The molecule has 0 saturated carbocycles. The van der Waals surface area contributed by atoms with E-state index in [9.17, 15) is 14.0 Å². The highest BCUT2D eigenvalue weighted by molar-refractivity contribution is 5.95. The van der Waals surface area contributed by atoms with Gasteiger partial charge in [-0.2, -0.15) is 0 Å². The molecular weight excluding hydrogens is 325 g/mol. The van der Waals surface area contributed by atoms with E-state index in [0.717, 1.165) is 11.5 Å². The standard InChI is InChI=1S/C18H14FN3O3/c19-13-5-3-6-14(10-13)25-11-17(23)21-22-18(24)16-9-8-12-4-1-2-7-15(12)20-16/h1-10H,11H2,(H,21,23)(H,22,24). The normalized spacial score (nSPS) is 10.3. The molecule has 126 valence electrons. The number of nitrogens with one attached hydrogen (secondary N) is 2. The van der Waals surface area contributed by atoms with Crippen molar-refractivity contribution in [3.05, 3.63) is 72.2 Å². The van der Waals surface area contributed by atoms with Crippen LogP contribution in [-0.4, -0.2) is 23.4 Å². The van der Waals surface area contributed by atoms with Crippen molar-refractivity contribution in [3.8, 4) is 5.75 Å². The minimum Gasteiger partial charge on any atom is -0.484 e. The lowest BCUT2D eigenvalue weighted by atomic mass is 10.2. The summed E-state index contributed by atoms with van der Waals surface area (Å²) in [6.45, 7) is -0.366. The van der Waals surface area contributed by atoms with Gasteiger partial charge in [0.15, 0.2) is 6.61 Å². The van der Waals surface area contributed by atoms with Gasteiger partial charge in [0.05, 0.1) is 5.52 Å². The van der Waals surface area contributed by atoms with Gasteiger partial charge in [-0.1, -0.05) is 30.3 Å². The Morgan fingerprint density at radius 3 is 2.68 bits per heavy atom. The van der Waals surface area contributed by atoms with E-state index in [1.54, 1.807) is 18.2 Å². The Balaban J connectivity index is 1.53. The Labute approximate surface area is 142 Å². The molecule has 0 unspecified atom stereocenters. The lowest BCUT2D eigenvalue weighted by Crippen LogP contribution is -2.44. The van der Waals surface area contributed by atoms with E-state index >= 15 is 0 Å². The van der Waals surface area contributed by atoms with Crippen molar-refractivity contribution in [3.63, 3.8) is 0 Å². The summed E-state index contributed by atoms with van der Waals surface area (Å²) in [5.74, 6) is -1.38. The number of halogens is 1. The first kappa shape index (κ1) is 16.4. The van der Waals surface area contributed by atoms with Crippen LogP contribution in [0.3, 0.4) is 0 Å². The van der Waals surface area contributed by atoms with Gasteiger partial charge in [-0.05, 0) is 24.3 Å². The molecule has 0 saturated heterocycles. The molecule has 0 aliphatic heterocycles. The summed E-state index contributed by atoms with van der Waals surface area (Å²) in [5, 5.41) is 0.909. The Hall–Kier alpha value is -3.48. The van der Waals surface area contributed by atoms with Gasteiger partial charge >= 0.3 is 0 Å². The van der Waals surface area contributed by atoms with Gasteiger partial charge in [-0.3, -0.25) is 20.4 Å². The molecule has 0 fully saturated rings. The summed E-state index contributed by atoms with van der Waals surface area (Å²) in [4.78, 5) is 27.9. The third-order valence-electron chi connectivity index (χ3n) is 3.31. The monoisotopic (exact) mass is 339 g/mol. The fourth-order valence-corrected chi connectivity index (χ4v) is 2.12. The van der Waals surface area contributed by atoms with Gasteiger partial charge in [-0.25, -0.2) is 9.37 Å². The molecule has 0 radical (unpaired) electrons. The highest BCUT2D eigenvalue weighted by atomic mass is 19.1. The number of hydrogen-bond donors (Lipinski definition) is 2. The van der Waals surface area contributed by atoms with Crippen molar-refractivity contribution in [2.75, 3.05) is 6.61 Å². The predicted octanol–water partition coefficient (Wildman–Crippen LogP) is 2.21. The zero-order chi connectivity index (χ0) is 17.6. The zero-order valence-corrected chi connectivity index (χ0v) is 13.0. The topological polar surface area (TPSA) is 80.3 Å². The molecule has 0 atom stereocenters. The van der Waals surface area contributed by atoms with Crippen LogP contribution in [0.2, 0.25) is 0 Å². The summed E-state index contributed by atoms with van der Waals surface area (Å²) in [5.41, 5.74) is 5.32. The fourth-order valence-electron chi connectivity index (χ4n) is 2.12. The molecule has 25 heavy (non-hydrogen) atoms. The summed E-state index contributed by atoms with van der Waals surface area (Å²) in [6, 6.07) is 16.1. The second-order valence-electron chi connectivity index (χ2n) is 5.14. The minimum atomic E-state index is -0.585. The van der Waals surface area contributed by atoms with E-state index in [1.807, 2.05) is 18.2 Å². The number of rotatable bonds is 4. The summed E-state index contributed by atoms with van der Waals surface area (Å²) in [6.07, 6.45) is 0. The van der Waals surface area contributed by atoms with E-state index in [-0.39, 0.29) is 18.1 Å². The van der Waals surface area contributed by atoms with E-state index < -0.39 is 17.6 Å². The van der Waals surface area contributed by atoms with Crippen molar-refractivity contribution in [2.24, 2.45) is 0 Å². The van der Waals surface area contributed by atoms with E-state index in [4.69, 9.17) is 4.74 Å². The molecule has 2 N–H and O–H groups in total. The molecule has 0 aliphatic rings. The van der Waals surface area contributed by atoms with Crippen molar-refractivity contribution in [1.29, 1.82) is 0 Å². The number of ether oxygens (including phenoxy) is 1. The molecule has 2 aromatic carbocycles. The van der Waals surface area contributed by atoms with Crippen LogP contribution in [0.1, 0.15) is 10.5 Å². The smallest absolute Gasteiger partial charge is 0.288 e. The lowest BCUT2D eigenvalue weighted by Gasteiger charge is -2.09. The largest absolute Gasteiger partial charge is 0.484 e. The van der Waals surface area contributed by atoms with Crippen LogP contribution in [0, 0.1) is 5.82 Å². The maximum Gasteiger partial charge on any atom is 0.288 e. The number of amides is 2. The number of carbonyl (C=O) groups excluding carboxylic acids is 2. The average molecular weight is 339 g/mol. The highest BCUT2D eigenvalue weighted by Crippen LogP contribution is 2.12. The molecule has 0 bridgehead atoms. The lowest BCUT2D eigenvalue weighted by molar-refractivity contribution is -0.123.